The van der Waals surface area contributed by atoms with Crippen molar-refractivity contribution >= 4 is 11.7 Å². The van der Waals surface area contributed by atoms with Gasteiger partial charge in [0.15, 0.2) is 0 Å². The van der Waals surface area contributed by atoms with Gasteiger partial charge in [-0.1, -0.05) is 0 Å². The number of aliphatic hydroxyl groups excluding tert-OH is 1. The predicted molar refractivity (Wildman–Crippen MR) is 62.8 cm³/mol. The van der Waals surface area contributed by atoms with Crippen molar-refractivity contribution in [3.8, 4) is 0 Å². The Morgan fingerprint density at radius 1 is 1.53 bits per heavy atom. The van der Waals surface area contributed by atoms with Crippen LogP contribution >= 0.6 is 0 Å². The molecule has 1 aromatic heterocycles. The van der Waals surface area contributed by atoms with Crippen molar-refractivity contribution in [2.45, 2.75) is 6.18 Å². The van der Waals surface area contributed by atoms with Crippen LogP contribution in [0.4, 0.5) is 19.0 Å². The minimum absolute atomic E-state index is 0.0806. The summed E-state index contributed by atoms with van der Waals surface area (Å²) in [4.78, 5) is 16.4. The van der Waals surface area contributed by atoms with Crippen molar-refractivity contribution < 1.29 is 23.1 Å². The molecule has 0 radical (unpaired) electrons. The quantitative estimate of drug-likeness (QED) is 0.846. The molecule has 0 aliphatic rings. The summed E-state index contributed by atoms with van der Waals surface area (Å²) < 4.78 is 37.1. The minimum atomic E-state index is -4.51. The number of carbonyl (C=O) groups excluding carboxylic acids is 1. The van der Waals surface area contributed by atoms with Gasteiger partial charge in [-0.15, -0.1) is 0 Å². The number of halogens is 3. The summed E-state index contributed by atoms with van der Waals surface area (Å²) in [5.41, 5.74) is 0.0806. The zero-order valence-corrected chi connectivity index (χ0v) is 10.2. The topological polar surface area (TPSA) is 65.5 Å². The predicted octanol–water partition coefficient (Wildman–Crippen LogP) is 1.12. The van der Waals surface area contributed by atoms with Crippen molar-refractivity contribution in [3.05, 3.63) is 23.9 Å². The van der Waals surface area contributed by atoms with Crippen LogP contribution in [0.3, 0.4) is 0 Å². The Labute approximate surface area is 108 Å². The number of anilines is 1. The molecular weight excluding hydrogens is 263 g/mol. The Bertz CT molecular complexity index is 437. The second-order valence-corrected chi connectivity index (χ2v) is 3.75. The molecule has 0 saturated heterocycles. The van der Waals surface area contributed by atoms with E-state index in [0.29, 0.717) is 10.7 Å². The Morgan fingerprint density at radius 3 is 2.74 bits per heavy atom. The van der Waals surface area contributed by atoms with Crippen LogP contribution in [0.25, 0.3) is 0 Å². The third-order valence-corrected chi connectivity index (χ3v) is 2.29. The fraction of sp³-hybridized carbons (Fsp3) is 0.455. The number of amides is 1. The molecule has 0 unspecified atom stereocenters. The maximum atomic E-state index is 12.4. The Hall–Kier alpha value is -1.83. The molecule has 1 aromatic rings. The number of nitrogens with one attached hydrogen (secondary N) is 1. The van der Waals surface area contributed by atoms with E-state index in [9.17, 15) is 18.0 Å². The Morgan fingerprint density at radius 2 is 2.21 bits per heavy atom. The van der Waals surface area contributed by atoms with Gasteiger partial charge in [0, 0.05) is 25.4 Å². The van der Waals surface area contributed by atoms with Crippen LogP contribution in [0.1, 0.15) is 10.4 Å². The maximum Gasteiger partial charge on any atom is 0.406 e. The summed E-state index contributed by atoms with van der Waals surface area (Å²) >= 11 is 0. The molecule has 8 heteroatoms. The molecule has 0 saturated carbocycles. The fourth-order valence-electron chi connectivity index (χ4n) is 1.47. The van der Waals surface area contributed by atoms with E-state index in [4.69, 9.17) is 5.11 Å². The molecule has 0 atom stereocenters. The van der Waals surface area contributed by atoms with E-state index in [2.05, 4.69) is 10.3 Å². The molecule has 0 bridgehead atoms. The number of pyridine rings is 1. The highest BCUT2D eigenvalue weighted by Crippen LogP contribution is 2.18. The average Bonchev–Trinajstić information content (AvgIpc) is 2.36. The number of nitrogens with zero attached hydrogens (tertiary/aromatic N) is 2. The van der Waals surface area contributed by atoms with Crippen LogP contribution < -0.4 is 5.32 Å². The van der Waals surface area contributed by atoms with Crippen LogP contribution in [-0.2, 0) is 0 Å². The molecule has 1 rings (SSSR count). The van der Waals surface area contributed by atoms with Crippen molar-refractivity contribution in [3.63, 3.8) is 0 Å². The molecule has 19 heavy (non-hydrogen) atoms. The van der Waals surface area contributed by atoms with E-state index < -0.39 is 25.2 Å². The monoisotopic (exact) mass is 277 g/mol. The molecular formula is C11H14F3N3O2. The lowest BCUT2D eigenvalue weighted by Gasteiger charge is -2.23. The van der Waals surface area contributed by atoms with E-state index in [1.807, 2.05) is 0 Å². The normalized spacial score (nSPS) is 11.2. The van der Waals surface area contributed by atoms with Gasteiger partial charge < -0.3 is 15.3 Å². The molecule has 1 heterocycles. The second-order valence-electron chi connectivity index (χ2n) is 3.75. The molecule has 0 aromatic carbocycles. The van der Waals surface area contributed by atoms with Crippen LogP contribution in [0, 0.1) is 0 Å². The lowest BCUT2D eigenvalue weighted by Crippen LogP contribution is -2.40. The third-order valence-electron chi connectivity index (χ3n) is 2.29. The first-order valence-electron chi connectivity index (χ1n) is 5.48. The van der Waals surface area contributed by atoms with Crippen LogP contribution in [0.2, 0.25) is 0 Å². The molecule has 0 fully saturated rings. The summed E-state index contributed by atoms with van der Waals surface area (Å²) in [7, 11) is 1.58. The van der Waals surface area contributed by atoms with E-state index in [-0.39, 0.29) is 12.1 Å². The smallest absolute Gasteiger partial charge is 0.395 e. The number of hydrogen-bond donors (Lipinski definition) is 2. The summed E-state index contributed by atoms with van der Waals surface area (Å²) in [5, 5.41) is 11.4. The zero-order valence-electron chi connectivity index (χ0n) is 10.2. The van der Waals surface area contributed by atoms with Crippen molar-refractivity contribution in [1.82, 2.24) is 9.88 Å². The van der Waals surface area contributed by atoms with Gasteiger partial charge in [-0.2, -0.15) is 13.2 Å². The van der Waals surface area contributed by atoms with Gasteiger partial charge in [0.25, 0.3) is 5.91 Å². The first-order valence-corrected chi connectivity index (χ1v) is 5.48. The van der Waals surface area contributed by atoms with Crippen molar-refractivity contribution in [2.24, 2.45) is 0 Å². The largest absolute Gasteiger partial charge is 0.406 e. The van der Waals surface area contributed by atoms with Gasteiger partial charge in [-0.05, 0) is 12.1 Å². The number of hydrogen-bond acceptors (Lipinski definition) is 4. The number of carbonyl (C=O) groups is 1. The summed E-state index contributed by atoms with van der Waals surface area (Å²) in [6, 6.07) is 2.67. The maximum absolute atomic E-state index is 12.4. The van der Waals surface area contributed by atoms with E-state index in [0.717, 1.165) is 0 Å². The number of aliphatic hydroxyl groups is 1. The van der Waals surface area contributed by atoms with E-state index in [1.54, 1.807) is 7.05 Å². The molecule has 2 N–H and O–H groups in total. The standard InChI is InChI=1S/C11H14F3N3O2/c1-15-9-6-8(2-3-16-9)10(19)17(4-5-18)7-11(12,13)14/h2-3,6,18H,4-5,7H2,1H3,(H,15,16). The number of rotatable bonds is 5. The van der Waals surface area contributed by atoms with Gasteiger partial charge in [-0.25, -0.2) is 4.98 Å². The molecule has 1 amide bonds. The van der Waals surface area contributed by atoms with Crippen molar-refractivity contribution in [2.75, 3.05) is 32.1 Å². The van der Waals surface area contributed by atoms with Crippen molar-refractivity contribution in [1.29, 1.82) is 0 Å². The first-order chi connectivity index (χ1) is 8.87. The van der Waals surface area contributed by atoms with E-state index in [1.165, 1.54) is 18.3 Å². The number of aromatic nitrogens is 1. The lowest BCUT2D eigenvalue weighted by molar-refractivity contribution is -0.141. The van der Waals surface area contributed by atoms with E-state index >= 15 is 0 Å². The van der Waals surface area contributed by atoms with Gasteiger partial charge in [0.2, 0.25) is 0 Å². The Kier molecular flexibility index (Phi) is 5.11. The van der Waals surface area contributed by atoms with Gasteiger partial charge >= 0.3 is 6.18 Å². The molecule has 0 spiro atoms. The summed E-state index contributed by atoms with van der Waals surface area (Å²) in [5.74, 6) is -0.424. The lowest BCUT2D eigenvalue weighted by atomic mass is 10.2. The number of alkyl halides is 3. The van der Waals surface area contributed by atoms with Gasteiger partial charge in [-0.3, -0.25) is 4.79 Å². The average molecular weight is 277 g/mol. The minimum Gasteiger partial charge on any atom is -0.395 e. The van der Waals surface area contributed by atoms with Gasteiger partial charge in [0.1, 0.15) is 12.4 Å². The van der Waals surface area contributed by atoms with Gasteiger partial charge in [0.05, 0.1) is 6.61 Å². The molecule has 5 nitrogen and oxygen atoms in total. The van der Waals surface area contributed by atoms with Crippen LogP contribution in [0.5, 0.6) is 0 Å². The Balaban J connectivity index is 2.91. The summed E-state index contributed by atoms with van der Waals surface area (Å²) in [6.07, 6.45) is -3.19. The zero-order chi connectivity index (χ0) is 14.5. The highest BCUT2D eigenvalue weighted by Gasteiger charge is 2.33. The second kappa shape index (κ2) is 6.37. The molecule has 106 valence electrons. The molecule has 0 aliphatic heterocycles. The highest BCUT2D eigenvalue weighted by molar-refractivity contribution is 5.94. The highest BCUT2D eigenvalue weighted by atomic mass is 19.4. The third kappa shape index (κ3) is 4.74. The molecule has 0 aliphatic carbocycles. The van der Waals surface area contributed by atoms with Crippen LogP contribution in [-0.4, -0.2) is 53.8 Å². The first kappa shape index (κ1) is 15.2. The van der Waals surface area contributed by atoms with Crippen LogP contribution in [0.15, 0.2) is 18.3 Å². The SMILES string of the molecule is CNc1cc(C(=O)N(CCO)CC(F)(F)F)ccn1. The fourth-order valence-corrected chi connectivity index (χ4v) is 1.47. The summed E-state index contributed by atoms with van der Waals surface area (Å²) in [6.45, 7) is -2.31.